The molecule has 54 heavy (non-hydrogen) atoms. The average Bonchev–Trinajstić information content (AvgIpc) is 3.17. The van der Waals surface area contributed by atoms with Crippen molar-refractivity contribution in [3.05, 3.63) is 166 Å². The van der Waals surface area contributed by atoms with Gasteiger partial charge in [-0.2, -0.15) is 0 Å². The van der Waals surface area contributed by atoms with Gasteiger partial charge in [0.2, 0.25) is 0 Å². The Morgan fingerprint density at radius 3 is 1.35 bits per heavy atom. The molecule has 6 aromatic rings. The van der Waals surface area contributed by atoms with Gasteiger partial charge in [-0.1, -0.05) is 137 Å². The minimum Gasteiger partial charge on any atom is -0.512 e. The van der Waals surface area contributed by atoms with Gasteiger partial charge in [-0.15, -0.1) is 23.5 Å². The van der Waals surface area contributed by atoms with Crippen molar-refractivity contribution in [3.8, 4) is 44.5 Å². The maximum absolute atomic E-state index is 10.0. The number of aliphatic hydroxyl groups excluding tert-OH is 1. The number of hydrogen-bond acceptors (Lipinski definition) is 6. The first-order chi connectivity index (χ1) is 25.8. The molecule has 7 rings (SSSR count). The van der Waals surface area contributed by atoms with Crippen LogP contribution in [0.4, 0.5) is 11.4 Å². The molecule has 1 heterocycles. The molecule has 9 heteroatoms. The van der Waals surface area contributed by atoms with Gasteiger partial charge in [0.1, 0.15) is 10.1 Å². The minimum atomic E-state index is -0.125. The number of benzene rings is 6. The summed E-state index contributed by atoms with van der Waals surface area (Å²) in [6, 6.07) is 51.0. The summed E-state index contributed by atoms with van der Waals surface area (Å²) in [4.78, 5) is 20.9. The topological polar surface area (TPSA) is 62.0 Å². The minimum absolute atomic E-state index is 0. The second-order valence-electron chi connectivity index (χ2n) is 12.1. The van der Waals surface area contributed by atoms with Crippen LogP contribution in [0, 0.1) is 0 Å². The first-order valence-electron chi connectivity index (χ1n) is 17.0. The molecule has 1 aliphatic heterocycles. The summed E-state index contributed by atoms with van der Waals surface area (Å²) in [6.07, 6.45) is 1.17. The van der Waals surface area contributed by atoms with Crippen LogP contribution >= 0.6 is 55.4 Å². The van der Waals surface area contributed by atoms with Crippen LogP contribution in [0.1, 0.15) is 13.8 Å². The van der Waals surface area contributed by atoms with Gasteiger partial charge in [0.05, 0.1) is 17.1 Å². The van der Waals surface area contributed by atoms with Crippen molar-refractivity contribution in [1.82, 2.24) is 0 Å². The molecular formula is C45H36Br2N2NiO2S2. The van der Waals surface area contributed by atoms with Crippen molar-refractivity contribution >= 4 is 82.6 Å². The van der Waals surface area contributed by atoms with E-state index in [2.05, 4.69) is 171 Å². The molecule has 0 bridgehead atoms. The molecule has 1 saturated heterocycles. The van der Waals surface area contributed by atoms with E-state index in [-0.39, 0.29) is 28.0 Å². The number of allylic oxidation sites excluding steroid dienone is 2. The van der Waals surface area contributed by atoms with E-state index >= 15 is 0 Å². The molecule has 4 nitrogen and oxygen atoms in total. The molecule has 0 atom stereocenters. The number of halogens is 2. The SMILES string of the molecule is Brc1cc(Br)c(N=C2SCCSC2=Nc2c(-c3ccccc3)cc(-c3ccccc3)cc2-c2ccccc2)c(-c2ccccc2)c1.CC(=O)/C=C(/C)O.[Ni]. The maximum Gasteiger partial charge on any atom is 0.155 e. The standard InChI is InChI=1S/C40H28Br2N2S2.C5H8O2.Ni/c41-32-25-35(30-19-11-4-12-20-30)38(36(42)26-32)44-40-39(45-21-22-46-40)43-37-33(28-15-7-2-8-16-28)23-31(27-13-5-1-6-14-27)24-34(37)29-17-9-3-10-18-29;1-4(6)3-5(2)7;/h1-20,23-26H,21-22H2;3,6H,1-2H3;/b;4-3-;. The second-order valence-corrected chi connectivity index (χ2v) is 16.0. The van der Waals surface area contributed by atoms with Gasteiger partial charge in [-0.3, -0.25) is 4.79 Å². The smallest absolute Gasteiger partial charge is 0.155 e. The number of aliphatic imine (C=N–C) groups is 2. The van der Waals surface area contributed by atoms with E-state index in [1.807, 2.05) is 6.07 Å². The van der Waals surface area contributed by atoms with Crippen LogP contribution in [-0.4, -0.2) is 32.5 Å². The zero-order valence-electron chi connectivity index (χ0n) is 29.5. The first-order valence-corrected chi connectivity index (χ1v) is 20.5. The fraction of sp³-hybridized carbons (Fsp3) is 0.0889. The molecule has 0 amide bonds. The van der Waals surface area contributed by atoms with Crippen LogP contribution < -0.4 is 0 Å². The fourth-order valence-electron chi connectivity index (χ4n) is 5.80. The van der Waals surface area contributed by atoms with E-state index in [0.717, 1.165) is 80.9 Å². The molecule has 1 N–H and O–H groups in total. The van der Waals surface area contributed by atoms with Crippen LogP contribution in [0.15, 0.2) is 176 Å². The zero-order valence-corrected chi connectivity index (χ0v) is 35.3. The Labute approximate surface area is 352 Å². The predicted octanol–water partition coefficient (Wildman–Crippen LogP) is 14.2. The molecule has 0 aliphatic carbocycles. The monoisotopic (exact) mass is 916 g/mol. The molecule has 1 aliphatic rings. The summed E-state index contributed by atoms with van der Waals surface area (Å²) < 4.78 is 1.94. The number of hydrogen-bond donors (Lipinski definition) is 1. The fourth-order valence-corrected chi connectivity index (χ4v) is 9.17. The van der Waals surface area contributed by atoms with Crippen LogP contribution in [0.25, 0.3) is 44.5 Å². The number of carbonyl (C=O) groups excluding carboxylic acids is 1. The maximum atomic E-state index is 10.0. The van der Waals surface area contributed by atoms with Gasteiger partial charge in [0, 0.05) is 59.7 Å². The van der Waals surface area contributed by atoms with Crippen LogP contribution in [0.3, 0.4) is 0 Å². The summed E-state index contributed by atoms with van der Waals surface area (Å²) in [7, 11) is 0. The predicted molar refractivity (Wildman–Crippen MR) is 236 cm³/mol. The van der Waals surface area contributed by atoms with E-state index in [0.29, 0.717) is 0 Å². The number of ketones is 1. The Kier molecular flexibility index (Phi) is 15.3. The Morgan fingerprint density at radius 2 is 0.963 bits per heavy atom. The van der Waals surface area contributed by atoms with Crippen molar-refractivity contribution in [2.24, 2.45) is 9.98 Å². The summed E-state index contributed by atoms with van der Waals surface area (Å²) in [6.45, 7) is 2.85. The van der Waals surface area contributed by atoms with Crippen LogP contribution in [0.5, 0.6) is 0 Å². The third-order valence-corrected chi connectivity index (χ3v) is 11.5. The Morgan fingerprint density at radius 1 is 0.574 bits per heavy atom. The van der Waals surface area contributed by atoms with E-state index in [4.69, 9.17) is 15.1 Å². The zero-order chi connectivity index (χ0) is 37.2. The van der Waals surface area contributed by atoms with Crippen LogP contribution in [-0.2, 0) is 21.3 Å². The Bertz CT molecular complexity index is 2240. The van der Waals surface area contributed by atoms with E-state index in [1.54, 1.807) is 23.5 Å². The summed E-state index contributed by atoms with van der Waals surface area (Å²) in [5.74, 6) is 1.88. The first kappa shape index (κ1) is 41.2. The molecular weight excluding hydrogens is 883 g/mol. The third kappa shape index (κ3) is 10.8. The van der Waals surface area contributed by atoms with Crippen LogP contribution in [0.2, 0.25) is 0 Å². The number of aliphatic hydroxyl groups is 1. The van der Waals surface area contributed by atoms with Gasteiger partial charge >= 0.3 is 0 Å². The number of thioether (sulfide) groups is 2. The molecule has 274 valence electrons. The van der Waals surface area contributed by atoms with Crippen molar-refractivity contribution in [3.63, 3.8) is 0 Å². The van der Waals surface area contributed by atoms with Gasteiger partial charge in [-0.25, -0.2) is 9.98 Å². The molecule has 0 aromatic heterocycles. The summed E-state index contributed by atoms with van der Waals surface area (Å²) in [5.41, 5.74) is 10.8. The molecule has 0 radical (unpaired) electrons. The second kappa shape index (κ2) is 20.1. The van der Waals surface area contributed by atoms with Crippen molar-refractivity contribution < 1.29 is 26.4 Å². The normalized spacial score (nSPS) is 14.2. The van der Waals surface area contributed by atoms with Gasteiger partial charge in [0.25, 0.3) is 0 Å². The molecule has 0 spiro atoms. The van der Waals surface area contributed by atoms with Gasteiger partial charge in [-0.05, 0) is 81.9 Å². The van der Waals surface area contributed by atoms with E-state index < -0.39 is 0 Å². The van der Waals surface area contributed by atoms with Crippen molar-refractivity contribution in [2.45, 2.75) is 13.8 Å². The largest absolute Gasteiger partial charge is 0.512 e. The van der Waals surface area contributed by atoms with Gasteiger partial charge < -0.3 is 5.11 Å². The Balaban J connectivity index is 0.000000641. The van der Waals surface area contributed by atoms with E-state index in [1.165, 1.54) is 25.5 Å². The average molecular weight is 919 g/mol. The van der Waals surface area contributed by atoms with E-state index in [9.17, 15) is 4.79 Å². The third-order valence-electron chi connectivity index (χ3n) is 8.08. The molecule has 0 unspecified atom stereocenters. The molecule has 6 aromatic carbocycles. The summed E-state index contributed by atoms with van der Waals surface area (Å²) in [5, 5.41) is 10.2. The Hall–Kier alpha value is -3.98. The number of rotatable bonds is 7. The molecule has 1 fully saturated rings. The van der Waals surface area contributed by atoms with Crippen molar-refractivity contribution in [2.75, 3.05) is 11.5 Å². The summed E-state index contributed by atoms with van der Waals surface area (Å²) >= 11 is 11.1. The molecule has 0 saturated carbocycles. The van der Waals surface area contributed by atoms with Crippen molar-refractivity contribution in [1.29, 1.82) is 0 Å². The quantitative estimate of drug-likeness (QED) is 0.0984. The number of carbonyl (C=O) groups is 1. The van der Waals surface area contributed by atoms with Gasteiger partial charge in [0.15, 0.2) is 5.78 Å². The number of nitrogens with zero attached hydrogens (tertiary/aromatic N) is 2.